The van der Waals surface area contributed by atoms with E-state index in [-0.39, 0.29) is 0 Å². The molecule has 0 saturated heterocycles. The second kappa shape index (κ2) is 9.18. The SMILES string of the molecule is Clc1ccc(Cn2nc(CNCc3ccncc3)c(-c3ccccc3)n2)c(Cl)c1. The van der Waals surface area contributed by atoms with Crippen LogP contribution < -0.4 is 5.32 Å². The number of pyridine rings is 1. The molecule has 0 aliphatic carbocycles. The van der Waals surface area contributed by atoms with E-state index in [0.29, 0.717) is 23.1 Å². The van der Waals surface area contributed by atoms with Gasteiger partial charge in [-0.3, -0.25) is 4.98 Å². The highest BCUT2D eigenvalue weighted by Crippen LogP contribution is 2.23. The van der Waals surface area contributed by atoms with E-state index in [1.165, 1.54) is 5.56 Å². The van der Waals surface area contributed by atoms with Crippen LogP contribution in [-0.2, 0) is 19.6 Å². The van der Waals surface area contributed by atoms with Crippen molar-refractivity contribution >= 4 is 23.2 Å². The van der Waals surface area contributed by atoms with Crippen LogP contribution >= 0.6 is 23.2 Å². The number of nitrogens with one attached hydrogen (secondary N) is 1. The molecule has 4 aromatic rings. The molecule has 0 radical (unpaired) electrons. The molecule has 0 saturated carbocycles. The molecular weight excluding hydrogens is 405 g/mol. The summed E-state index contributed by atoms with van der Waals surface area (Å²) in [6.45, 7) is 1.80. The maximum atomic E-state index is 6.32. The smallest absolute Gasteiger partial charge is 0.117 e. The first-order valence-electron chi connectivity index (χ1n) is 9.22. The maximum absolute atomic E-state index is 6.32. The van der Waals surface area contributed by atoms with Crippen molar-refractivity contribution in [1.29, 1.82) is 0 Å². The number of rotatable bonds is 7. The molecule has 0 amide bonds. The molecule has 2 aromatic carbocycles. The van der Waals surface area contributed by atoms with Crippen LogP contribution in [0.2, 0.25) is 10.0 Å². The topological polar surface area (TPSA) is 55.6 Å². The van der Waals surface area contributed by atoms with Gasteiger partial charge in [-0.1, -0.05) is 59.6 Å². The average molecular weight is 424 g/mol. The fourth-order valence-electron chi connectivity index (χ4n) is 3.02. The Bertz CT molecular complexity index is 1080. The van der Waals surface area contributed by atoms with Gasteiger partial charge >= 0.3 is 0 Å². The van der Waals surface area contributed by atoms with E-state index in [1.54, 1.807) is 23.3 Å². The highest BCUT2D eigenvalue weighted by atomic mass is 35.5. The normalized spacial score (nSPS) is 11.0. The molecule has 4 rings (SSSR count). The minimum absolute atomic E-state index is 0.472. The summed E-state index contributed by atoms with van der Waals surface area (Å²) in [5.74, 6) is 0. The lowest BCUT2D eigenvalue weighted by Gasteiger charge is -2.04. The molecule has 0 bridgehead atoms. The summed E-state index contributed by atoms with van der Waals surface area (Å²) in [6, 6.07) is 19.5. The predicted octanol–water partition coefficient (Wildman–Crippen LogP) is 4.99. The van der Waals surface area contributed by atoms with E-state index >= 15 is 0 Å². The first kappa shape index (κ1) is 19.6. The molecule has 5 nitrogen and oxygen atoms in total. The molecule has 1 N–H and O–H groups in total. The van der Waals surface area contributed by atoms with E-state index < -0.39 is 0 Å². The van der Waals surface area contributed by atoms with Crippen LogP contribution in [0.25, 0.3) is 11.3 Å². The minimum atomic E-state index is 0.472. The fraction of sp³-hybridized carbons (Fsp3) is 0.136. The largest absolute Gasteiger partial charge is 0.307 e. The van der Waals surface area contributed by atoms with E-state index in [2.05, 4.69) is 10.3 Å². The molecule has 29 heavy (non-hydrogen) atoms. The zero-order valence-corrected chi connectivity index (χ0v) is 17.1. The quantitative estimate of drug-likeness (QED) is 0.455. The van der Waals surface area contributed by atoms with Gasteiger partial charge in [0.25, 0.3) is 0 Å². The molecule has 0 aliphatic heterocycles. The zero-order chi connectivity index (χ0) is 20.1. The highest BCUT2D eigenvalue weighted by molar-refractivity contribution is 6.35. The van der Waals surface area contributed by atoms with Crippen molar-refractivity contribution in [2.45, 2.75) is 19.6 Å². The van der Waals surface area contributed by atoms with Crippen LogP contribution in [0.4, 0.5) is 0 Å². The van der Waals surface area contributed by atoms with Crippen LogP contribution in [0.1, 0.15) is 16.8 Å². The number of nitrogens with zero attached hydrogens (tertiary/aromatic N) is 4. The minimum Gasteiger partial charge on any atom is -0.307 e. The lowest BCUT2D eigenvalue weighted by atomic mass is 10.1. The Morgan fingerprint density at radius 1 is 0.862 bits per heavy atom. The van der Waals surface area contributed by atoms with Crippen molar-refractivity contribution in [3.63, 3.8) is 0 Å². The lowest BCUT2D eigenvalue weighted by Crippen LogP contribution is -2.14. The molecule has 146 valence electrons. The average Bonchev–Trinajstić information content (AvgIpc) is 3.14. The third-order valence-electron chi connectivity index (χ3n) is 4.47. The van der Waals surface area contributed by atoms with Crippen molar-refractivity contribution in [3.05, 3.63) is 99.9 Å². The molecule has 0 atom stereocenters. The zero-order valence-electron chi connectivity index (χ0n) is 15.6. The molecular formula is C22H19Cl2N5. The van der Waals surface area contributed by atoms with Gasteiger partial charge < -0.3 is 5.32 Å². The standard InChI is InChI=1S/C22H19Cl2N5/c23-19-7-6-18(20(24)12-19)15-29-27-21(14-26-13-16-8-10-25-11-9-16)22(28-29)17-4-2-1-3-5-17/h1-12,26H,13-15H2. The Morgan fingerprint density at radius 3 is 2.41 bits per heavy atom. The second-order valence-electron chi connectivity index (χ2n) is 6.59. The van der Waals surface area contributed by atoms with E-state index in [9.17, 15) is 0 Å². The number of halogens is 2. The third kappa shape index (κ3) is 5.01. The summed E-state index contributed by atoms with van der Waals surface area (Å²) < 4.78 is 0. The van der Waals surface area contributed by atoms with Crippen molar-refractivity contribution in [1.82, 2.24) is 25.3 Å². The van der Waals surface area contributed by atoms with E-state index in [0.717, 1.165) is 29.1 Å². The summed E-state index contributed by atoms with van der Waals surface area (Å²) in [4.78, 5) is 5.73. The van der Waals surface area contributed by atoms with Crippen LogP contribution in [0.15, 0.2) is 73.1 Å². The van der Waals surface area contributed by atoms with Crippen molar-refractivity contribution < 1.29 is 0 Å². The van der Waals surface area contributed by atoms with Crippen LogP contribution in [0, 0.1) is 0 Å². The molecule has 0 fully saturated rings. The van der Waals surface area contributed by atoms with Gasteiger partial charge in [-0.25, -0.2) is 0 Å². The van der Waals surface area contributed by atoms with Crippen LogP contribution in [0.5, 0.6) is 0 Å². The molecule has 0 spiro atoms. The lowest BCUT2D eigenvalue weighted by molar-refractivity contribution is 0.576. The first-order valence-corrected chi connectivity index (χ1v) is 9.97. The number of hydrogen-bond donors (Lipinski definition) is 1. The van der Waals surface area contributed by atoms with Gasteiger partial charge in [-0.05, 0) is 35.4 Å². The number of hydrogen-bond acceptors (Lipinski definition) is 4. The van der Waals surface area contributed by atoms with Crippen molar-refractivity contribution in [3.8, 4) is 11.3 Å². The summed E-state index contributed by atoms with van der Waals surface area (Å²) in [6.07, 6.45) is 3.58. The van der Waals surface area contributed by atoms with Crippen molar-refractivity contribution in [2.24, 2.45) is 0 Å². The first-order chi connectivity index (χ1) is 14.2. The third-order valence-corrected chi connectivity index (χ3v) is 5.06. The summed E-state index contributed by atoms with van der Waals surface area (Å²) in [5.41, 5.74) is 4.86. The van der Waals surface area contributed by atoms with Gasteiger partial charge in [0.05, 0.1) is 6.54 Å². The Kier molecular flexibility index (Phi) is 6.20. The monoisotopic (exact) mass is 423 g/mol. The van der Waals surface area contributed by atoms with Gasteiger partial charge in [0.1, 0.15) is 11.4 Å². The fourth-order valence-corrected chi connectivity index (χ4v) is 3.49. The number of aromatic nitrogens is 4. The Morgan fingerprint density at radius 2 is 1.66 bits per heavy atom. The molecule has 0 aliphatic rings. The summed E-state index contributed by atoms with van der Waals surface area (Å²) in [7, 11) is 0. The van der Waals surface area contributed by atoms with Gasteiger partial charge in [-0.15, -0.1) is 0 Å². The molecule has 7 heteroatoms. The van der Waals surface area contributed by atoms with E-state index in [4.69, 9.17) is 33.4 Å². The van der Waals surface area contributed by atoms with Gasteiger partial charge in [-0.2, -0.15) is 15.0 Å². The molecule has 2 heterocycles. The molecule has 2 aromatic heterocycles. The predicted molar refractivity (Wildman–Crippen MR) is 116 cm³/mol. The Labute approximate surface area is 179 Å². The maximum Gasteiger partial charge on any atom is 0.117 e. The van der Waals surface area contributed by atoms with Crippen molar-refractivity contribution in [2.75, 3.05) is 0 Å². The summed E-state index contributed by atoms with van der Waals surface area (Å²) in [5, 5.41) is 14.1. The summed E-state index contributed by atoms with van der Waals surface area (Å²) >= 11 is 12.3. The van der Waals surface area contributed by atoms with Crippen LogP contribution in [0.3, 0.4) is 0 Å². The highest BCUT2D eigenvalue weighted by Gasteiger charge is 2.14. The van der Waals surface area contributed by atoms with Crippen LogP contribution in [-0.4, -0.2) is 20.0 Å². The van der Waals surface area contributed by atoms with E-state index in [1.807, 2.05) is 54.6 Å². The van der Waals surface area contributed by atoms with Gasteiger partial charge in [0.2, 0.25) is 0 Å². The Hall–Kier alpha value is -2.73. The van der Waals surface area contributed by atoms with Gasteiger partial charge in [0, 0.05) is 41.1 Å². The van der Waals surface area contributed by atoms with Gasteiger partial charge in [0.15, 0.2) is 0 Å². The second-order valence-corrected chi connectivity index (χ2v) is 7.43. The Balaban J connectivity index is 1.57. The number of benzene rings is 2. The molecule has 0 unspecified atom stereocenters.